The summed E-state index contributed by atoms with van der Waals surface area (Å²) in [6.45, 7) is 16.8. The van der Waals surface area contributed by atoms with E-state index in [1.807, 2.05) is 0 Å². The molecule has 0 radical (unpaired) electrons. The first-order valence-corrected chi connectivity index (χ1v) is 18.2. The minimum absolute atomic E-state index is 0.138. The fourth-order valence-electron chi connectivity index (χ4n) is 3.16. The summed E-state index contributed by atoms with van der Waals surface area (Å²) >= 11 is 0. The highest BCUT2D eigenvalue weighted by Gasteiger charge is 2.13. The van der Waals surface area contributed by atoms with Gasteiger partial charge in [0, 0.05) is 6.42 Å². The van der Waals surface area contributed by atoms with Gasteiger partial charge in [0.1, 0.15) is 6.61 Å². The lowest BCUT2D eigenvalue weighted by Gasteiger charge is -2.16. The molecule has 0 aliphatic carbocycles. The van der Waals surface area contributed by atoms with Crippen molar-refractivity contribution in [2.24, 2.45) is 0 Å². The van der Waals surface area contributed by atoms with Crippen LogP contribution in [0.4, 0.5) is 0 Å². The molecule has 0 bridgehead atoms. The third kappa shape index (κ3) is 35.3. The van der Waals surface area contributed by atoms with Crippen molar-refractivity contribution in [1.82, 2.24) is 0 Å². The predicted molar refractivity (Wildman–Crippen MR) is 154 cm³/mol. The van der Waals surface area contributed by atoms with Gasteiger partial charge < -0.3 is 42.3 Å². The molecule has 0 atom stereocenters. The maximum atomic E-state index is 11.6. The fraction of sp³-hybridized carbons (Fsp3) is 0.964. The molecule has 0 amide bonds. The Labute approximate surface area is 238 Å². The summed E-state index contributed by atoms with van der Waals surface area (Å²) in [5.74, 6) is -0.138. The van der Waals surface area contributed by atoms with Crippen LogP contribution < -0.4 is 0 Å². The van der Waals surface area contributed by atoms with Gasteiger partial charge in [0.05, 0.1) is 99.1 Å². The van der Waals surface area contributed by atoms with Gasteiger partial charge in [-0.05, 0) is 26.1 Å². The highest BCUT2D eigenvalue weighted by Crippen LogP contribution is 2.07. The van der Waals surface area contributed by atoms with Crippen molar-refractivity contribution in [3.8, 4) is 0 Å². The molecule has 0 saturated heterocycles. The van der Waals surface area contributed by atoms with Crippen LogP contribution in [0.3, 0.4) is 0 Å². The summed E-state index contributed by atoms with van der Waals surface area (Å²) in [5.41, 5.74) is 0. The van der Waals surface area contributed by atoms with Crippen LogP contribution in [-0.4, -0.2) is 120 Å². The monoisotopic (exact) mass is 582 g/mol. The average molecular weight is 583 g/mol. The second kappa shape index (κ2) is 30.3. The molecule has 11 heteroatoms. The third-order valence-electron chi connectivity index (χ3n) is 5.22. The highest BCUT2D eigenvalue weighted by molar-refractivity contribution is 6.69. The smallest absolute Gasteiger partial charge is 0.305 e. The van der Waals surface area contributed by atoms with E-state index in [0.29, 0.717) is 112 Å². The van der Waals surface area contributed by atoms with Crippen LogP contribution in [0.1, 0.15) is 51.9 Å². The summed E-state index contributed by atoms with van der Waals surface area (Å²) in [7, 11) is -1.45. The first-order valence-electron chi connectivity index (χ1n) is 14.8. The van der Waals surface area contributed by atoms with Gasteiger partial charge in [-0.2, -0.15) is 0 Å². The van der Waals surface area contributed by atoms with Crippen LogP contribution in [-0.2, 0) is 47.1 Å². The van der Waals surface area contributed by atoms with Gasteiger partial charge in [-0.3, -0.25) is 4.79 Å². The average Bonchev–Trinajstić information content (AvgIpc) is 2.90. The summed E-state index contributed by atoms with van der Waals surface area (Å²) in [6, 6.07) is 0. The van der Waals surface area contributed by atoms with Crippen molar-refractivity contribution in [3.05, 3.63) is 0 Å². The number of unbranched alkanes of at least 4 members (excludes halogenated alkanes) is 5. The number of hydrogen-bond acceptors (Lipinski definition) is 10. The molecule has 0 aliphatic heterocycles. The molecule has 0 aromatic heterocycles. The van der Waals surface area contributed by atoms with Crippen molar-refractivity contribution < 1.29 is 47.1 Å². The van der Waals surface area contributed by atoms with E-state index in [9.17, 15) is 4.79 Å². The standard InChI is InChI=1S/C28H58O10Si/c1-5-6-7-8-9-10-11-28(29)37-26-24-35-22-20-33-18-16-31-14-12-30-13-15-32-17-19-34-21-23-36-25-27-38-39(2,3)4/h5-27H2,1-4H3. The molecule has 0 unspecified atom stereocenters. The van der Waals surface area contributed by atoms with E-state index in [4.69, 9.17) is 42.3 Å². The molecule has 0 aromatic carbocycles. The highest BCUT2D eigenvalue weighted by atomic mass is 28.4. The van der Waals surface area contributed by atoms with Crippen LogP contribution in [0.15, 0.2) is 0 Å². The summed E-state index contributed by atoms with van der Waals surface area (Å²) in [6.07, 6.45) is 7.46. The summed E-state index contributed by atoms with van der Waals surface area (Å²) in [5, 5.41) is 0. The zero-order chi connectivity index (χ0) is 28.7. The summed E-state index contributed by atoms with van der Waals surface area (Å²) in [4.78, 5) is 11.6. The fourth-order valence-corrected chi connectivity index (χ4v) is 3.86. The lowest BCUT2D eigenvalue weighted by molar-refractivity contribution is -0.145. The molecule has 0 N–H and O–H groups in total. The minimum Gasteiger partial charge on any atom is -0.463 e. The minimum atomic E-state index is -1.45. The Balaban J connectivity index is 3.12. The number of rotatable bonds is 32. The number of esters is 1. The van der Waals surface area contributed by atoms with E-state index in [2.05, 4.69) is 26.6 Å². The van der Waals surface area contributed by atoms with Gasteiger partial charge in [0.15, 0.2) is 8.32 Å². The molecule has 10 nitrogen and oxygen atoms in total. The Kier molecular flexibility index (Phi) is 29.8. The van der Waals surface area contributed by atoms with Crippen LogP contribution in [0.2, 0.25) is 19.6 Å². The lowest BCUT2D eigenvalue weighted by Crippen LogP contribution is -2.27. The number of carbonyl (C=O) groups is 1. The molecule has 0 fully saturated rings. The van der Waals surface area contributed by atoms with E-state index in [-0.39, 0.29) is 5.97 Å². The second-order valence-corrected chi connectivity index (χ2v) is 14.5. The van der Waals surface area contributed by atoms with Crippen molar-refractivity contribution >= 4 is 14.3 Å². The number of carbonyl (C=O) groups excluding carboxylic acids is 1. The van der Waals surface area contributed by atoms with Crippen molar-refractivity contribution in [3.63, 3.8) is 0 Å². The Hall–Kier alpha value is -0.633. The van der Waals surface area contributed by atoms with Gasteiger partial charge in [-0.1, -0.05) is 39.0 Å². The molecule has 39 heavy (non-hydrogen) atoms. The van der Waals surface area contributed by atoms with E-state index in [0.717, 1.165) is 12.8 Å². The Morgan fingerprint density at radius 2 is 0.795 bits per heavy atom. The molecule has 234 valence electrons. The largest absolute Gasteiger partial charge is 0.463 e. The van der Waals surface area contributed by atoms with Crippen LogP contribution >= 0.6 is 0 Å². The third-order valence-corrected chi connectivity index (χ3v) is 6.29. The van der Waals surface area contributed by atoms with E-state index < -0.39 is 8.32 Å². The van der Waals surface area contributed by atoms with Crippen molar-refractivity contribution in [1.29, 1.82) is 0 Å². The topological polar surface area (TPSA) is 100 Å². The molecular weight excluding hydrogens is 524 g/mol. The molecule has 0 heterocycles. The zero-order valence-corrected chi connectivity index (χ0v) is 26.3. The summed E-state index contributed by atoms with van der Waals surface area (Å²) < 4.78 is 49.0. The van der Waals surface area contributed by atoms with Crippen molar-refractivity contribution in [2.75, 3.05) is 106 Å². The van der Waals surface area contributed by atoms with E-state index >= 15 is 0 Å². The quantitative estimate of drug-likeness (QED) is 0.0650. The molecule has 0 aliphatic rings. The van der Waals surface area contributed by atoms with E-state index in [1.54, 1.807) is 0 Å². The molecule has 0 rings (SSSR count). The maximum absolute atomic E-state index is 11.6. The van der Waals surface area contributed by atoms with Crippen molar-refractivity contribution in [2.45, 2.75) is 71.5 Å². The van der Waals surface area contributed by atoms with E-state index in [1.165, 1.54) is 25.7 Å². The first kappa shape index (κ1) is 38.4. The van der Waals surface area contributed by atoms with Gasteiger partial charge in [-0.15, -0.1) is 0 Å². The lowest BCUT2D eigenvalue weighted by atomic mass is 10.1. The molecule has 0 aromatic rings. The molecule has 0 saturated carbocycles. The van der Waals surface area contributed by atoms with Gasteiger partial charge in [0.25, 0.3) is 0 Å². The predicted octanol–water partition coefficient (Wildman–Crippen LogP) is 4.25. The second-order valence-electron chi connectivity index (χ2n) is 9.99. The molecular formula is C28H58O10Si. The Morgan fingerprint density at radius 3 is 1.18 bits per heavy atom. The first-order chi connectivity index (χ1) is 19.0. The van der Waals surface area contributed by atoms with Gasteiger partial charge in [-0.25, -0.2) is 0 Å². The van der Waals surface area contributed by atoms with Crippen LogP contribution in [0.5, 0.6) is 0 Å². The molecule has 0 spiro atoms. The maximum Gasteiger partial charge on any atom is 0.305 e. The zero-order valence-electron chi connectivity index (χ0n) is 25.3. The van der Waals surface area contributed by atoms with Gasteiger partial charge in [0.2, 0.25) is 0 Å². The normalized spacial score (nSPS) is 11.8. The number of hydrogen-bond donors (Lipinski definition) is 0. The van der Waals surface area contributed by atoms with Crippen LogP contribution in [0, 0.1) is 0 Å². The number of ether oxygens (including phenoxy) is 8. The van der Waals surface area contributed by atoms with Gasteiger partial charge >= 0.3 is 5.97 Å². The SMILES string of the molecule is CCCCCCCCC(=O)OCCOCCOCCOCCOCCOCCOCCOCCO[Si](C)(C)C. The Morgan fingerprint density at radius 1 is 0.462 bits per heavy atom. The Bertz CT molecular complexity index is 505. The van der Waals surface area contributed by atoms with Crippen LogP contribution in [0.25, 0.3) is 0 Å².